The maximum absolute atomic E-state index is 13.2. The largest absolute Gasteiger partial charge is 0.398 e. The lowest BCUT2D eigenvalue weighted by Gasteiger charge is -2.31. The topological polar surface area (TPSA) is 133 Å². The van der Waals surface area contributed by atoms with Gasteiger partial charge in [0.05, 0.1) is 29.6 Å². The van der Waals surface area contributed by atoms with Gasteiger partial charge < -0.3 is 16.2 Å². The Labute approximate surface area is 189 Å². The zero-order valence-corrected chi connectivity index (χ0v) is 19.0. The molecule has 1 amide bonds. The average molecular weight is 437 g/mol. The first-order chi connectivity index (χ1) is 15.3. The maximum atomic E-state index is 13.2. The van der Waals surface area contributed by atoms with Crippen LogP contribution in [0.3, 0.4) is 0 Å². The summed E-state index contributed by atoms with van der Waals surface area (Å²) in [6, 6.07) is 5.56. The molecular formula is C24H32N6O2. The van der Waals surface area contributed by atoms with E-state index in [0.717, 1.165) is 35.1 Å². The molecule has 1 atom stereocenters. The summed E-state index contributed by atoms with van der Waals surface area (Å²) in [5, 5.41) is 1.27. The van der Waals surface area contributed by atoms with Gasteiger partial charge >= 0.3 is 0 Å². The zero-order chi connectivity index (χ0) is 23.3. The molecule has 0 spiro atoms. The van der Waals surface area contributed by atoms with Crippen molar-refractivity contribution in [3.8, 4) is 0 Å². The number of nitrogen functional groups attached to an aromatic ring is 1. The van der Waals surface area contributed by atoms with Crippen molar-refractivity contribution in [3.63, 3.8) is 0 Å². The lowest BCUT2D eigenvalue weighted by molar-refractivity contribution is 0.0166. The molecule has 1 unspecified atom stereocenters. The van der Waals surface area contributed by atoms with E-state index < -0.39 is 0 Å². The van der Waals surface area contributed by atoms with Crippen molar-refractivity contribution < 1.29 is 9.53 Å². The van der Waals surface area contributed by atoms with Gasteiger partial charge in [-0.05, 0) is 73.6 Å². The van der Waals surface area contributed by atoms with Gasteiger partial charge in [-0.2, -0.15) is 0 Å². The third kappa shape index (κ3) is 5.15. The Balaban J connectivity index is 1.86. The molecule has 0 bridgehead atoms. The molecule has 1 saturated heterocycles. The van der Waals surface area contributed by atoms with Crippen LogP contribution in [0.4, 0.5) is 5.69 Å². The summed E-state index contributed by atoms with van der Waals surface area (Å²) < 4.78 is 5.48. The van der Waals surface area contributed by atoms with Gasteiger partial charge in [0.25, 0.3) is 5.91 Å². The first-order valence-electron chi connectivity index (χ1n) is 10.7. The number of aromatic nitrogens is 1. The number of carbonyl (C=O) groups is 1. The van der Waals surface area contributed by atoms with E-state index in [1.165, 1.54) is 5.01 Å². The number of hydrogen-bond donors (Lipinski definition) is 3. The molecule has 8 heteroatoms. The van der Waals surface area contributed by atoms with Crippen LogP contribution >= 0.6 is 0 Å². The van der Waals surface area contributed by atoms with Crippen LogP contribution in [-0.2, 0) is 11.2 Å². The van der Waals surface area contributed by atoms with Crippen molar-refractivity contribution in [2.24, 2.45) is 16.6 Å². The van der Waals surface area contributed by atoms with E-state index >= 15 is 0 Å². The number of benzene rings is 1. The maximum Gasteiger partial charge on any atom is 0.270 e. The van der Waals surface area contributed by atoms with Crippen molar-refractivity contribution in [2.45, 2.75) is 39.2 Å². The number of carbonyl (C=O) groups excluding carboxylic acids is 1. The van der Waals surface area contributed by atoms with E-state index in [9.17, 15) is 4.79 Å². The highest BCUT2D eigenvalue weighted by atomic mass is 16.5. The van der Waals surface area contributed by atoms with E-state index in [1.807, 2.05) is 32.0 Å². The van der Waals surface area contributed by atoms with Crippen molar-refractivity contribution >= 4 is 23.5 Å². The second kappa shape index (κ2) is 10.4. The fourth-order valence-corrected chi connectivity index (χ4v) is 3.77. The molecule has 0 radical (unpaired) electrons. The second-order valence-electron chi connectivity index (χ2n) is 8.09. The van der Waals surface area contributed by atoms with E-state index in [1.54, 1.807) is 25.5 Å². The molecule has 6 N–H and O–H groups in total. The van der Waals surface area contributed by atoms with Crippen molar-refractivity contribution in [1.29, 1.82) is 0 Å². The lowest BCUT2D eigenvalue weighted by Crippen LogP contribution is -2.49. The van der Waals surface area contributed by atoms with E-state index in [0.29, 0.717) is 42.3 Å². The molecule has 1 aromatic carbocycles. The quantitative estimate of drug-likeness (QED) is 0.209. The number of nitrogens with two attached hydrogens (primary N) is 3. The Morgan fingerprint density at radius 1 is 1.34 bits per heavy atom. The molecule has 2 aromatic rings. The third-order valence-corrected chi connectivity index (χ3v) is 5.97. The number of anilines is 1. The average Bonchev–Trinajstić information content (AvgIpc) is 2.83. The number of aliphatic imine (C=N–C) groups is 1. The van der Waals surface area contributed by atoms with Crippen LogP contribution in [0.5, 0.6) is 0 Å². The molecule has 2 heterocycles. The first kappa shape index (κ1) is 23.4. The molecule has 1 fully saturated rings. The number of hydrazine groups is 1. The summed E-state index contributed by atoms with van der Waals surface area (Å²) in [6.07, 6.45) is 7.44. The number of ether oxygens (including phenoxy) is 1. The van der Waals surface area contributed by atoms with Gasteiger partial charge in [0.2, 0.25) is 0 Å². The first-order valence-corrected chi connectivity index (χ1v) is 10.7. The van der Waals surface area contributed by atoms with Crippen LogP contribution in [0.25, 0.3) is 5.70 Å². The smallest absolute Gasteiger partial charge is 0.270 e. The van der Waals surface area contributed by atoms with Crippen molar-refractivity contribution in [1.82, 2.24) is 9.99 Å². The molecule has 1 aliphatic heterocycles. The molecule has 3 rings (SSSR count). The molecule has 1 aliphatic rings. The summed E-state index contributed by atoms with van der Waals surface area (Å²) in [5.41, 5.74) is 18.4. The number of allylic oxidation sites excluding steroid dienone is 1. The summed E-state index contributed by atoms with van der Waals surface area (Å²) in [4.78, 5) is 21.5. The number of nitrogens with zero attached hydrogens (tertiary/aromatic N) is 3. The monoisotopic (exact) mass is 436 g/mol. The highest BCUT2D eigenvalue weighted by molar-refractivity contribution is 6.00. The van der Waals surface area contributed by atoms with Crippen LogP contribution < -0.4 is 17.3 Å². The Morgan fingerprint density at radius 3 is 2.75 bits per heavy atom. The minimum Gasteiger partial charge on any atom is -0.398 e. The number of hydrogen-bond acceptors (Lipinski definition) is 7. The molecule has 8 nitrogen and oxygen atoms in total. The Morgan fingerprint density at radius 2 is 2.12 bits per heavy atom. The van der Waals surface area contributed by atoms with E-state index in [4.69, 9.17) is 22.0 Å². The Bertz CT molecular complexity index is 1020. The standard InChI is InChI=1S/C24H32N6O2/c1-15-16(2)23(26)20(24(31)30(27)19-5-4-10-32-14-19)12-18(15)11-17-6-7-22(29-13-17)21(25)8-9-28-3/h6-9,12-13,19H,4-5,10-11,14,25-27H2,1-3H3. The fourth-order valence-electron chi connectivity index (χ4n) is 3.77. The predicted octanol–water partition coefficient (Wildman–Crippen LogP) is 2.37. The lowest BCUT2D eigenvalue weighted by atomic mass is 9.92. The number of rotatable bonds is 6. The summed E-state index contributed by atoms with van der Waals surface area (Å²) in [6.45, 7) is 5.09. The van der Waals surface area contributed by atoms with Gasteiger partial charge in [0.1, 0.15) is 0 Å². The van der Waals surface area contributed by atoms with Gasteiger partial charge in [-0.3, -0.25) is 19.8 Å². The highest BCUT2D eigenvalue weighted by Gasteiger charge is 2.27. The fraction of sp³-hybridized carbons (Fsp3) is 0.375. The summed E-state index contributed by atoms with van der Waals surface area (Å²) in [7, 11) is 1.68. The highest BCUT2D eigenvalue weighted by Crippen LogP contribution is 2.28. The van der Waals surface area contributed by atoms with Crippen LogP contribution in [0.15, 0.2) is 35.5 Å². The SMILES string of the molecule is CN=CC=C(N)c1ccc(Cc2cc(C(=O)N(N)C3CCCOC3)c(N)c(C)c2C)cn1. The van der Waals surface area contributed by atoms with Gasteiger partial charge in [0, 0.05) is 31.8 Å². The normalized spacial score (nSPS) is 17.0. The van der Waals surface area contributed by atoms with Crippen molar-refractivity contribution in [2.75, 3.05) is 26.0 Å². The molecule has 0 saturated carbocycles. The van der Waals surface area contributed by atoms with Gasteiger partial charge in [0.15, 0.2) is 0 Å². The molecule has 170 valence electrons. The molecule has 0 aliphatic carbocycles. The Kier molecular flexibility index (Phi) is 7.61. The van der Waals surface area contributed by atoms with E-state index in [2.05, 4.69) is 9.98 Å². The molecule has 32 heavy (non-hydrogen) atoms. The minimum absolute atomic E-state index is 0.145. The Hall–Kier alpha value is -3.23. The van der Waals surface area contributed by atoms with Crippen LogP contribution in [0.1, 0.15) is 51.1 Å². The van der Waals surface area contributed by atoms with Gasteiger partial charge in [-0.25, -0.2) is 5.84 Å². The molecular weight excluding hydrogens is 404 g/mol. The van der Waals surface area contributed by atoms with Crippen LogP contribution in [0.2, 0.25) is 0 Å². The van der Waals surface area contributed by atoms with Crippen LogP contribution in [-0.4, -0.2) is 48.4 Å². The number of amides is 1. The molecule has 1 aromatic heterocycles. The third-order valence-electron chi connectivity index (χ3n) is 5.97. The van der Waals surface area contributed by atoms with Gasteiger partial charge in [-0.15, -0.1) is 0 Å². The summed E-state index contributed by atoms with van der Waals surface area (Å²) in [5.74, 6) is 5.89. The second-order valence-corrected chi connectivity index (χ2v) is 8.09. The summed E-state index contributed by atoms with van der Waals surface area (Å²) >= 11 is 0. The van der Waals surface area contributed by atoms with E-state index in [-0.39, 0.29) is 11.9 Å². The minimum atomic E-state index is -0.286. The van der Waals surface area contributed by atoms with Crippen LogP contribution in [0, 0.1) is 13.8 Å². The zero-order valence-electron chi connectivity index (χ0n) is 19.0. The number of pyridine rings is 1. The van der Waals surface area contributed by atoms with Crippen molar-refractivity contribution in [3.05, 3.63) is 64.0 Å². The predicted molar refractivity (Wildman–Crippen MR) is 128 cm³/mol. The van der Waals surface area contributed by atoms with Gasteiger partial charge in [-0.1, -0.05) is 6.07 Å².